The van der Waals surface area contributed by atoms with Gasteiger partial charge in [0, 0.05) is 0 Å². The number of ether oxygens (including phenoxy) is 1. The Hall–Kier alpha value is -3.40. The molecule has 3 aromatic rings. The number of imide groups is 1. The van der Waals surface area contributed by atoms with E-state index in [4.69, 9.17) is 4.74 Å². The second kappa shape index (κ2) is 8.74. The first-order valence-corrected chi connectivity index (χ1v) is 9.93. The van der Waals surface area contributed by atoms with Gasteiger partial charge in [-0.3, -0.25) is 14.5 Å². The lowest BCUT2D eigenvalue weighted by Gasteiger charge is -2.14. The normalized spacial score (nSPS) is 12.9. The van der Waals surface area contributed by atoms with Gasteiger partial charge in [0.15, 0.2) is 0 Å². The lowest BCUT2D eigenvalue weighted by Crippen LogP contribution is -2.29. The summed E-state index contributed by atoms with van der Waals surface area (Å²) in [5.41, 5.74) is 3.21. The van der Waals surface area contributed by atoms with Gasteiger partial charge in [-0.05, 0) is 54.7 Å². The molecule has 1 aliphatic rings. The van der Waals surface area contributed by atoms with E-state index in [1.165, 1.54) is 10.5 Å². The van der Waals surface area contributed by atoms with Gasteiger partial charge in [-0.15, -0.1) is 0 Å². The molecule has 0 unspecified atom stereocenters. The topological polar surface area (TPSA) is 46.6 Å². The molecule has 0 aliphatic carbocycles. The predicted molar refractivity (Wildman–Crippen MR) is 112 cm³/mol. The molecular weight excluding hydrogens is 362 g/mol. The van der Waals surface area contributed by atoms with Crippen LogP contribution in [0.3, 0.4) is 0 Å². The van der Waals surface area contributed by atoms with Gasteiger partial charge in [-0.2, -0.15) is 0 Å². The highest BCUT2D eigenvalue weighted by Crippen LogP contribution is 2.24. The van der Waals surface area contributed by atoms with Crippen LogP contribution in [0.4, 0.5) is 0 Å². The Bertz CT molecular complexity index is 961. The van der Waals surface area contributed by atoms with Gasteiger partial charge in [-0.1, -0.05) is 54.6 Å². The summed E-state index contributed by atoms with van der Waals surface area (Å²) in [7, 11) is 0. The number of amides is 2. The fourth-order valence-electron chi connectivity index (χ4n) is 3.52. The quantitative estimate of drug-likeness (QED) is 0.410. The monoisotopic (exact) mass is 385 g/mol. The summed E-state index contributed by atoms with van der Waals surface area (Å²) < 4.78 is 5.81. The lowest BCUT2D eigenvalue weighted by atomic mass is 10.1. The Balaban J connectivity index is 1.25. The predicted octanol–water partition coefficient (Wildman–Crippen LogP) is 4.88. The van der Waals surface area contributed by atoms with E-state index in [1.54, 1.807) is 24.3 Å². The SMILES string of the molecule is O=C1c2ccccc2C(=O)N1Cc1ccc(OCCCCc2ccccc2)cc1. The van der Waals surface area contributed by atoms with Crippen molar-refractivity contribution in [3.05, 3.63) is 101 Å². The first-order chi connectivity index (χ1) is 14.2. The third-order valence-electron chi connectivity index (χ3n) is 5.11. The van der Waals surface area contributed by atoms with Gasteiger partial charge in [0.2, 0.25) is 0 Å². The van der Waals surface area contributed by atoms with Crippen LogP contribution in [0, 0.1) is 0 Å². The van der Waals surface area contributed by atoms with Crippen LogP contribution in [0.15, 0.2) is 78.9 Å². The molecule has 0 spiro atoms. The first kappa shape index (κ1) is 18.9. The number of benzene rings is 3. The Labute approximate surface area is 170 Å². The van der Waals surface area contributed by atoms with Crippen LogP contribution in [-0.2, 0) is 13.0 Å². The number of carbonyl (C=O) groups is 2. The summed E-state index contributed by atoms with van der Waals surface area (Å²) in [6.45, 7) is 0.939. The van der Waals surface area contributed by atoms with Crippen molar-refractivity contribution < 1.29 is 14.3 Å². The molecule has 0 radical (unpaired) electrons. The van der Waals surface area contributed by atoms with E-state index >= 15 is 0 Å². The zero-order valence-electron chi connectivity index (χ0n) is 16.2. The van der Waals surface area contributed by atoms with E-state index < -0.39 is 0 Å². The van der Waals surface area contributed by atoms with Crippen molar-refractivity contribution in [2.45, 2.75) is 25.8 Å². The molecule has 0 saturated carbocycles. The van der Waals surface area contributed by atoms with E-state index in [-0.39, 0.29) is 18.4 Å². The zero-order valence-corrected chi connectivity index (χ0v) is 16.2. The van der Waals surface area contributed by atoms with Crippen LogP contribution < -0.4 is 4.74 Å². The van der Waals surface area contributed by atoms with Crippen LogP contribution in [0.5, 0.6) is 5.75 Å². The molecule has 29 heavy (non-hydrogen) atoms. The minimum absolute atomic E-state index is 0.232. The molecule has 0 aromatic heterocycles. The van der Waals surface area contributed by atoms with Gasteiger partial charge in [-0.25, -0.2) is 0 Å². The highest BCUT2D eigenvalue weighted by Gasteiger charge is 2.34. The van der Waals surface area contributed by atoms with Crippen molar-refractivity contribution in [2.24, 2.45) is 0 Å². The molecule has 4 rings (SSSR count). The molecule has 1 heterocycles. The maximum atomic E-state index is 12.5. The summed E-state index contributed by atoms with van der Waals surface area (Å²) in [4.78, 5) is 26.2. The number of aryl methyl sites for hydroxylation is 1. The van der Waals surface area contributed by atoms with Crippen molar-refractivity contribution in [1.82, 2.24) is 4.90 Å². The molecule has 4 nitrogen and oxygen atoms in total. The zero-order chi connectivity index (χ0) is 20.1. The summed E-state index contributed by atoms with van der Waals surface area (Å²) in [5, 5.41) is 0. The van der Waals surface area contributed by atoms with Gasteiger partial charge >= 0.3 is 0 Å². The highest BCUT2D eigenvalue weighted by atomic mass is 16.5. The fourth-order valence-corrected chi connectivity index (χ4v) is 3.52. The average molecular weight is 385 g/mol. The van der Waals surface area contributed by atoms with E-state index in [1.807, 2.05) is 30.3 Å². The summed E-state index contributed by atoms with van der Waals surface area (Å²) in [6, 6.07) is 25.0. The van der Waals surface area contributed by atoms with E-state index in [2.05, 4.69) is 24.3 Å². The third-order valence-corrected chi connectivity index (χ3v) is 5.11. The molecule has 2 amide bonds. The van der Waals surface area contributed by atoms with Crippen LogP contribution in [-0.4, -0.2) is 23.3 Å². The number of fused-ring (bicyclic) bond motifs is 1. The number of rotatable bonds is 8. The van der Waals surface area contributed by atoms with Crippen molar-refractivity contribution in [1.29, 1.82) is 0 Å². The van der Waals surface area contributed by atoms with Gasteiger partial charge in [0.1, 0.15) is 5.75 Å². The Morgan fingerprint density at radius 3 is 1.93 bits per heavy atom. The van der Waals surface area contributed by atoms with E-state index in [0.717, 1.165) is 30.6 Å². The van der Waals surface area contributed by atoms with Crippen molar-refractivity contribution in [3.63, 3.8) is 0 Å². The number of carbonyl (C=O) groups excluding carboxylic acids is 2. The minimum atomic E-state index is -0.232. The number of unbranched alkanes of at least 4 members (excludes halogenated alkanes) is 1. The van der Waals surface area contributed by atoms with E-state index in [9.17, 15) is 9.59 Å². The number of nitrogens with zero attached hydrogens (tertiary/aromatic N) is 1. The standard InChI is InChI=1S/C25H23NO3/c27-24-22-11-4-5-12-23(22)25(28)26(24)18-20-13-15-21(16-14-20)29-17-7-6-10-19-8-2-1-3-9-19/h1-5,8-9,11-16H,6-7,10,17-18H2. The molecular formula is C25H23NO3. The first-order valence-electron chi connectivity index (χ1n) is 9.93. The molecule has 1 aliphatic heterocycles. The van der Waals surface area contributed by atoms with Crippen molar-refractivity contribution in [3.8, 4) is 5.75 Å². The number of hydrogen-bond acceptors (Lipinski definition) is 3. The smallest absolute Gasteiger partial charge is 0.261 e. The summed E-state index contributed by atoms with van der Waals surface area (Å²) in [5.74, 6) is 0.338. The molecule has 0 N–H and O–H groups in total. The largest absolute Gasteiger partial charge is 0.494 e. The fraction of sp³-hybridized carbons (Fsp3) is 0.200. The van der Waals surface area contributed by atoms with Crippen LogP contribution in [0.1, 0.15) is 44.7 Å². The molecule has 0 saturated heterocycles. The Kier molecular flexibility index (Phi) is 5.71. The maximum Gasteiger partial charge on any atom is 0.261 e. The minimum Gasteiger partial charge on any atom is -0.494 e. The summed E-state index contributed by atoms with van der Waals surface area (Å²) in [6.07, 6.45) is 3.14. The van der Waals surface area contributed by atoms with Crippen molar-refractivity contribution >= 4 is 11.8 Å². The van der Waals surface area contributed by atoms with Crippen molar-refractivity contribution in [2.75, 3.05) is 6.61 Å². The van der Waals surface area contributed by atoms with Crippen LogP contribution >= 0.6 is 0 Å². The molecule has 3 aromatic carbocycles. The van der Waals surface area contributed by atoms with Gasteiger partial charge in [0.05, 0.1) is 24.3 Å². The molecule has 0 fully saturated rings. The molecule has 0 bridgehead atoms. The van der Waals surface area contributed by atoms with Gasteiger partial charge < -0.3 is 4.74 Å². The molecule has 146 valence electrons. The second-order valence-corrected chi connectivity index (χ2v) is 7.18. The van der Waals surface area contributed by atoms with Gasteiger partial charge in [0.25, 0.3) is 11.8 Å². The highest BCUT2D eigenvalue weighted by molar-refractivity contribution is 6.21. The van der Waals surface area contributed by atoms with Crippen LogP contribution in [0.2, 0.25) is 0 Å². The van der Waals surface area contributed by atoms with E-state index in [0.29, 0.717) is 17.7 Å². The summed E-state index contributed by atoms with van der Waals surface area (Å²) >= 11 is 0. The molecule has 4 heteroatoms. The average Bonchev–Trinajstić information content (AvgIpc) is 3.00. The van der Waals surface area contributed by atoms with Crippen LogP contribution in [0.25, 0.3) is 0 Å². The second-order valence-electron chi connectivity index (χ2n) is 7.18. The number of hydrogen-bond donors (Lipinski definition) is 0. The molecule has 0 atom stereocenters. The lowest BCUT2D eigenvalue weighted by molar-refractivity contribution is 0.0642. The Morgan fingerprint density at radius 2 is 1.28 bits per heavy atom. The maximum absolute atomic E-state index is 12.5. The Morgan fingerprint density at radius 1 is 0.655 bits per heavy atom. The third kappa shape index (κ3) is 4.37.